The van der Waals surface area contributed by atoms with Gasteiger partial charge in [0.05, 0.1) is 5.41 Å². The molecule has 2 N–H and O–H groups in total. The van der Waals surface area contributed by atoms with Crippen molar-refractivity contribution in [2.45, 2.75) is 25.7 Å². The third kappa shape index (κ3) is 2.82. The maximum atomic E-state index is 11.9. The van der Waals surface area contributed by atoms with Gasteiger partial charge in [0.15, 0.2) is 0 Å². The van der Waals surface area contributed by atoms with Crippen LogP contribution in [0.1, 0.15) is 25.7 Å². The van der Waals surface area contributed by atoms with Crippen molar-refractivity contribution in [2.75, 3.05) is 5.32 Å². The smallest absolute Gasteiger partial charge is 0.310 e. The highest BCUT2D eigenvalue weighted by molar-refractivity contribution is 14.1. The summed E-state index contributed by atoms with van der Waals surface area (Å²) in [5.41, 5.74) is -0.113. The lowest BCUT2D eigenvalue weighted by Crippen LogP contribution is -2.41. The Balaban J connectivity index is 1.99. The summed E-state index contributed by atoms with van der Waals surface area (Å²) in [6.07, 6.45) is 2.15. The quantitative estimate of drug-likeness (QED) is 0.813. The number of halogens is 1. The molecule has 0 spiro atoms. The number of hydrogen-bond donors (Lipinski definition) is 2. The third-order valence-electron chi connectivity index (χ3n) is 3.37. The van der Waals surface area contributed by atoms with Crippen LogP contribution in [0, 0.1) is 8.99 Å². The van der Waals surface area contributed by atoms with Crippen LogP contribution in [0.3, 0.4) is 0 Å². The Bertz CT molecular complexity index is 483. The number of hydrogen-bond acceptors (Lipinski definition) is 2. The molecule has 2 rings (SSSR count). The molecule has 1 aliphatic rings. The van der Waals surface area contributed by atoms with Crippen LogP contribution in [0.4, 0.5) is 5.69 Å². The highest BCUT2D eigenvalue weighted by atomic mass is 127. The number of nitrogens with one attached hydrogen (secondary N) is 1. The average Bonchev–Trinajstić information content (AvgIpc) is 2.23. The number of amides is 1. The number of benzene rings is 1. The van der Waals surface area contributed by atoms with Gasteiger partial charge in [-0.1, -0.05) is 12.5 Å². The molecule has 0 heterocycles. The van der Waals surface area contributed by atoms with Gasteiger partial charge in [-0.3, -0.25) is 9.59 Å². The van der Waals surface area contributed by atoms with E-state index in [1.807, 2.05) is 18.2 Å². The molecule has 0 aliphatic heterocycles. The van der Waals surface area contributed by atoms with E-state index in [1.54, 1.807) is 6.07 Å². The molecule has 0 bridgehead atoms. The van der Waals surface area contributed by atoms with Gasteiger partial charge in [0.25, 0.3) is 0 Å². The van der Waals surface area contributed by atoms with E-state index in [1.165, 1.54) is 0 Å². The van der Waals surface area contributed by atoms with E-state index >= 15 is 0 Å². The second-order valence-corrected chi connectivity index (χ2v) is 5.92. The predicted octanol–water partition coefficient (Wildman–Crippen LogP) is 2.87. The standard InChI is InChI=1S/C13H14INO3/c14-9-3-1-4-10(7-9)15-11(16)8-13(12(17)18)5-2-6-13/h1,3-4,7H,2,5-6,8H2,(H,15,16)(H,17,18). The first-order valence-electron chi connectivity index (χ1n) is 5.81. The van der Waals surface area contributed by atoms with Crippen LogP contribution in [0.2, 0.25) is 0 Å². The Hall–Kier alpha value is -1.11. The van der Waals surface area contributed by atoms with Gasteiger partial charge in [0, 0.05) is 15.7 Å². The largest absolute Gasteiger partial charge is 0.481 e. The zero-order valence-corrected chi connectivity index (χ0v) is 11.9. The highest BCUT2D eigenvalue weighted by Crippen LogP contribution is 2.44. The molecular weight excluding hydrogens is 345 g/mol. The number of carboxylic acids is 1. The van der Waals surface area contributed by atoms with Crippen LogP contribution >= 0.6 is 22.6 Å². The first-order chi connectivity index (χ1) is 8.52. The number of carbonyl (C=O) groups excluding carboxylic acids is 1. The zero-order valence-electron chi connectivity index (χ0n) is 9.78. The van der Waals surface area contributed by atoms with Gasteiger partial charge >= 0.3 is 5.97 Å². The Morgan fingerprint density at radius 3 is 2.61 bits per heavy atom. The van der Waals surface area contributed by atoms with Crippen LogP contribution in [-0.2, 0) is 9.59 Å². The van der Waals surface area contributed by atoms with Crippen molar-refractivity contribution in [2.24, 2.45) is 5.41 Å². The van der Waals surface area contributed by atoms with Crippen LogP contribution < -0.4 is 5.32 Å². The van der Waals surface area contributed by atoms with Crippen LogP contribution in [0.5, 0.6) is 0 Å². The molecule has 96 valence electrons. The van der Waals surface area contributed by atoms with Gasteiger partial charge in [0.2, 0.25) is 5.91 Å². The SMILES string of the molecule is O=C(CC1(C(=O)O)CCC1)Nc1cccc(I)c1. The summed E-state index contributed by atoms with van der Waals surface area (Å²) >= 11 is 2.16. The molecule has 1 saturated carbocycles. The van der Waals surface area contributed by atoms with Gasteiger partial charge in [-0.2, -0.15) is 0 Å². The summed E-state index contributed by atoms with van der Waals surface area (Å²) in [6, 6.07) is 7.44. The molecule has 0 radical (unpaired) electrons. The van der Waals surface area contributed by atoms with Crippen molar-refractivity contribution in [3.63, 3.8) is 0 Å². The fourth-order valence-electron chi connectivity index (χ4n) is 2.15. The highest BCUT2D eigenvalue weighted by Gasteiger charge is 2.45. The van der Waals surface area contributed by atoms with Crippen molar-refractivity contribution in [3.8, 4) is 0 Å². The number of anilines is 1. The lowest BCUT2D eigenvalue weighted by atomic mass is 9.66. The minimum Gasteiger partial charge on any atom is -0.481 e. The Morgan fingerprint density at radius 1 is 1.39 bits per heavy atom. The van der Waals surface area contributed by atoms with Gasteiger partial charge in [-0.15, -0.1) is 0 Å². The van der Waals surface area contributed by atoms with E-state index in [0.717, 1.165) is 9.99 Å². The van der Waals surface area contributed by atoms with Crippen molar-refractivity contribution in [1.29, 1.82) is 0 Å². The second-order valence-electron chi connectivity index (χ2n) is 4.67. The molecule has 0 aromatic heterocycles. The molecule has 1 fully saturated rings. The molecule has 0 atom stereocenters. The molecule has 5 heteroatoms. The topological polar surface area (TPSA) is 66.4 Å². The van der Waals surface area contributed by atoms with E-state index in [2.05, 4.69) is 27.9 Å². The van der Waals surface area contributed by atoms with Crippen molar-refractivity contribution in [3.05, 3.63) is 27.8 Å². The van der Waals surface area contributed by atoms with E-state index in [4.69, 9.17) is 5.11 Å². The maximum absolute atomic E-state index is 11.9. The summed E-state index contributed by atoms with van der Waals surface area (Å²) < 4.78 is 1.03. The number of carboxylic acid groups (broad SMARTS) is 1. The Morgan fingerprint density at radius 2 is 2.11 bits per heavy atom. The van der Waals surface area contributed by atoms with Gasteiger partial charge in [-0.25, -0.2) is 0 Å². The van der Waals surface area contributed by atoms with Gasteiger partial charge in [-0.05, 0) is 53.6 Å². The summed E-state index contributed by atoms with van der Waals surface area (Å²) in [5, 5.41) is 11.9. The van der Waals surface area contributed by atoms with Gasteiger partial charge < -0.3 is 10.4 Å². The molecule has 1 amide bonds. The molecule has 18 heavy (non-hydrogen) atoms. The normalized spacial score (nSPS) is 16.7. The zero-order chi connectivity index (χ0) is 13.2. The first kappa shape index (κ1) is 13.3. The van der Waals surface area contributed by atoms with Crippen molar-refractivity contribution in [1.82, 2.24) is 0 Å². The maximum Gasteiger partial charge on any atom is 0.310 e. The fraction of sp³-hybridized carbons (Fsp3) is 0.385. The summed E-state index contributed by atoms with van der Waals surface area (Å²) in [7, 11) is 0. The molecule has 4 nitrogen and oxygen atoms in total. The monoisotopic (exact) mass is 359 g/mol. The first-order valence-corrected chi connectivity index (χ1v) is 6.89. The van der Waals surface area contributed by atoms with Crippen molar-refractivity contribution < 1.29 is 14.7 Å². The lowest BCUT2D eigenvalue weighted by molar-refractivity contribution is -0.157. The molecule has 1 aromatic carbocycles. The molecule has 0 saturated heterocycles. The second kappa shape index (κ2) is 5.26. The van der Waals surface area contributed by atoms with Crippen LogP contribution in [-0.4, -0.2) is 17.0 Å². The van der Waals surface area contributed by atoms with Crippen LogP contribution in [0.15, 0.2) is 24.3 Å². The summed E-state index contributed by atoms with van der Waals surface area (Å²) in [6.45, 7) is 0. The predicted molar refractivity (Wildman–Crippen MR) is 76.3 cm³/mol. The third-order valence-corrected chi connectivity index (χ3v) is 4.04. The summed E-state index contributed by atoms with van der Waals surface area (Å²) in [5.74, 6) is -1.08. The number of aliphatic carboxylic acids is 1. The van der Waals surface area contributed by atoms with Crippen LogP contribution in [0.25, 0.3) is 0 Å². The van der Waals surface area contributed by atoms with E-state index < -0.39 is 11.4 Å². The fourth-order valence-corrected chi connectivity index (χ4v) is 2.69. The lowest BCUT2D eigenvalue weighted by Gasteiger charge is -2.36. The Labute approximate surface area is 119 Å². The summed E-state index contributed by atoms with van der Waals surface area (Å²) in [4.78, 5) is 23.0. The molecule has 0 unspecified atom stereocenters. The Kier molecular flexibility index (Phi) is 3.89. The van der Waals surface area contributed by atoms with E-state index in [0.29, 0.717) is 18.5 Å². The molecular formula is C13H14INO3. The van der Waals surface area contributed by atoms with Gasteiger partial charge in [0.1, 0.15) is 0 Å². The van der Waals surface area contributed by atoms with E-state index in [9.17, 15) is 9.59 Å². The van der Waals surface area contributed by atoms with E-state index in [-0.39, 0.29) is 12.3 Å². The molecule has 1 aromatic rings. The number of carbonyl (C=O) groups is 2. The average molecular weight is 359 g/mol. The molecule has 1 aliphatic carbocycles. The number of rotatable bonds is 4. The van der Waals surface area contributed by atoms with Crippen molar-refractivity contribution >= 4 is 40.2 Å². The minimum atomic E-state index is -0.855. The minimum absolute atomic E-state index is 0.0633.